The van der Waals surface area contributed by atoms with Crippen LogP contribution in [0.2, 0.25) is 0 Å². The van der Waals surface area contributed by atoms with Gasteiger partial charge in [0, 0.05) is 44.0 Å². The number of hydrogen-bond acceptors (Lipinski definition) is 7. The van der Waals surface area contributed by atoms with Crippen LogP contribution in [0.5, 0.6) is 5.75 Å². The van der Waals surface area contributed by atoms with Gasteiger partial charge in [-0.15, -0.1) is 0 Å². The summed E-state index contributed by atoms with van der Waals surface area (Å²) in [6.07, 6.45) is 1.33. The Hall–Kier alpha value is -3.75. The summed E-state index contributed by atoms with van der Waals surface area (Å²) in [6.45, 7) is 8.84. The molecule has 1 aliphatic rings. The zero-order valence-electron chi connectivity index (χ0n) is 19.8. The van der Waals surface area contributed by atoms with Crippen molar-refractivity contribution < 1.29 is 14.6 Å². The zero-order valence-corrected chi connectivity index (χ0v) is 19.8. The molecule has 4 rings (SSSR count). The average Bonchev–Trinajstić information content (AvgIpc) is 3.25. The van der Waals surface area contributed by atoms with Gasteiger partial charge in [-0.25, -0.2) is 14.0 Å². The second-order valence-corrected chi connectivity index (χ2v) is 8.52. The number of anilines is 2. The molecule has 0 aliphatic carbocycles. The van der Waals surface area contributed by atoms with Crippen LogP contribution in [-0.2, 0) is 9.53 Å². The third kappa shape index (κ3) is 4.93. The fraction of sp³-hybridized carbons (Fsp3) is 0.400. The van der Waals surface area contributed by atoms with E-state index in [4.69, 9.17) is 4.74 Å². The number of phenolic OH excluding ortho intramolecular Hbond substituents is 1. The minimum absolute atomic E-state index is 0.274. The third-order valence-electron chi connectivity index (χ3n) is 6.35. The van der Waals surface area contributed by atoms with E-state index in [1.54, 1.807) is 26.0 Å². The third-order valence-corrected chi connectivity index (χ3v) is 6.35. The van der Waals surface area contributed by atoms with Crippen molar-refractivity contribution in [2.24, 2.45) is 0 Å². The van der Waals surface area contributed by atoms with E-state index in [-0.39, 0.29) is 23.5 Å². The number of carbonyl (C=O) groups excluding carboxylic acids is 1. The van der Waals surface area contributed by atoms with Gasteiger partial charge in [0.2, 0.25) is 0 Å². The first kappa shape index (κ1) is 23.4. The molecule has 0 spiro atoms. The molecule has 3 aromatic rings. The smallest absolute Gasteiger partial charge is 0.350 e. The first-order valence-corrected chi connectivity index (χ1v) is 11.6. The van der Waals surface area contributed by atoms with E-state index in [0.29, 0.717) is 6.42 Å². The maximum absolute atomic E-state index is 12.9. The van der Waals surface area contributed by atoms with Crippen LogP contribution in [0.15, 0.2) is 59.7 Å². The molecule has 0 saturated carbocycles. The number of esters is 1. The summed E-state index contributed by atoms with van der Waals surface area (Å²) in [6, 6.07) is 14.8. The summed E-state index contributed by atoms with van der Waals surface area (Å²) in [7, 11) is 0. The Morgan fingerprint density at radius 3 is 1.97 bits per heavy atom. The number of rotatable bonds is 7. The molecular weight excluding hydrogens is 434 g/mol. The average molecular weight is 466 g/mol. The number of benzene rings is 2. The van der Waals surface area contributed by atoms with Crippen LogP contribution in [0.4, 0.5) is 11.4 Å². The van der Waals surface area contributed by atoms with Gasteiger partial charge in [-0.1, -0.05) is 6.92 Å². The molecule has 9 nitrogen and oxygen atoms in total. The number of ether oxygens (including phenoxy) is 1. The molecule has 0 amide bonds. The molecule has 1 fully saturated rings. The Labute approximate surface area is 198 Å². The largest absolute Gasteiger partial charge is 0.508 e. The Morgan fingerprint density at radius 2 is 1.44 bits per heavy atom. The van der Waals surface area contributed by atoms with Gasteiger partial charge >= 0.3 is 11.7 Å². The van der Waals surface area contributed by atoms with E-state index in [9.17, 15) is 14.7 Å². The van der Waals surface area contributed by atoms with E-state index in [2.05, 4.69) is 14.9 Å². The molecule has 2 heterocycles. The van der Waals surface area contributed by atoms with Gasteiger partial charge in [-0.3, -0.25) is 4.79 Å². The van der Waals surface area contributed by atoms with Gasteiger partial charge in [-0.05, 0) is 62.4 Å². The van der Waals surface area contributed by atoms with Crippen LogP contribution in [0.3, 0.4) is 0 Å². The van der Waals surface area contributed by atoms with Crippen molar-refractivity contribution >= 4 is 17.3 Å². The fourth-order valence-corrected chi connectivity index (χ4v) is 4.07. The molecule has 0 unspecified atom stereocenters. The first-order valence-electron chi connectivity index (χ1n) is 11.6. The second kappa shape index (κ2) is 10.0. The van der Waals surface area contributed by atoms with E-state index >= 15 is 0 Å². The molecule has 2 atom stereocenters. The normalized spacial score (nSPS) is 15.7. The molecule has 1 saturated heterocycles. The Morgan fingerprint density at radius 1 is 0.941 bits per heavy atom. The predicted octanol–water partition coefficient (Wildman–Crippen LogP) is 2.97. The van der Waals surface area contributed by atoms with Gasteiger partial charge in [0.15, 0.2) is 0 Å². The summed E-state index contributed by atoms with van der Waals surface area (Å²) < 4.78 is 8.19. The number of phenols is 1. The van der Waals surface area contributed by atoms with Crippen molar-refractivity contribution in [2.45, 2.75) is 39.3 Å². The van der Waals surface area contributed by atoms with E-state index < -0.39 is 6.10 Å². The van der Waals surface area contributed by atoms with Crippen molar-refractivity contribution in [3.63, 3.8) is 0 Å². The lowest BCUT2D eigenvalue weighted by Gasteiger charge is -2.37. The van der Waals surface area contributed by atoms with Crippen LogP contribution in [-0.4, -0.2) is 57.7 Å². The quantitative estimate of drug-likeness (QED) is 0.536. The first-order chi connectivity index (χ1) is 16.4. The minimum Gasteiger partial charge on any atom is -0.508 e. The van der Waals surface area contributed by atoms with Crippen LogP contribution >= 0.6 is 0 Å². The number of nitrogens with zero attached hydrogens (tertiary/aromatic N) is 5. The van der Waals surface area contributed by atoms with Gasteiger partial charge in [0.25, 0.3) is 0 Å². The van der Waals surface area contributed by atoms with E-state index in [0.717, 1.165) is 43.2 Å². The van der Waals surface area contributed by atoms with Crippen LogP contribution < -0.4 is 15.5 Å². The van der Waals surface area contributed by atoms with Crippen LogP contribution in [0, 0.1) is 0 Å². The summed E-state index contributed by atoms with van der Waals surface area (Å²) in [5.41, 5.74) is 2.66. The number of piperazine rings is 1. The van der Waals surface area contributed by atoms with Crippen molar-refractivity contribution in [3.05, 3.63) is 65.3 Å². The van der Waals surface area contributed by atoms with Crippen LogP contribution in [0.25, 0.3) is 5.69 Å². The highest BCUT2D eigenvalue weighted by Gasteiger charge is 2.22. The molecule has 2 aromatic carbocycles. The molecule has 1 N–H and O–H groups in total. The highest BCUT2D eigenvalue weighted by Crippen LogP contribution is 2.23. The van der Waals surface area contributed by atoms with Crippen molar-refractivity contribution in [2.75, 3.05) is 36.0 Å². The summed E-state index contributed by atoms with van der Waals surface area (Å²) in [5.74, 6) is -0.0256. The predicted molar refractivity (Wildman–Crippen MR) is 131 cm³/mol. The Balaban J connectivity index is 1.41. The second-order valence-electron chi connectivity index (χ2n) is 8.52. The Bertz CT molecular complexity index is 1160. The lowest BCUT2D eigenvalue weighted by molar-refractivity contribution is -0.149. The Kier molecular flexibility index (Phi) is 6.90. The molecule has 9 heteroatoms. The van der Waals surface area contributed by atoms with Gasteiger partial charge < -0.3 is 19.6 Å². The standard InChI is InChI=1S/C25H31N5O4/c1-4-24(32)34-19(3)18(2)30-25(33)29(17-26-30)22-7-5-20(6-8-22)27-13-15-28(16-14-27)21-9-11-23(31)12-10-21/h5-12,17-19,31H,4,13-16H2,1-3H3/t18-,19-/m1/s1. The molecule has 1 aliphatic heterocycles. The van der Waals surface area contributed by atoms with E-state index in [1.807, 2.05) is 43.3 Å². The number of carbonyl (C=O) groups is 1. The topological polar surface area (TPSA) is 92.8 Å². The molecule has 1 aromatic heterocycles. The minimum atomic E-state index is -0.462. The number of aromatic nitrogens is 3. The maximum Gasteiger partial charge on any atom is 0.350 e. The zero-order chi connectivity index (χ0) is 24.2. The number of hydrogen-bond donors (Lipinski definition) is 1. The lowest BCUT2D eigenvalue weighted by atomic mass is 10.2. The van der Waals surface area contributed by atoms with Crippen molar-refractivity contribution in [1.29, 1.82) is 0 Å². The summed E-state index contributed by atoms with van der Waals surface area (Å²) in [5, 5.41) is 13.7. The van der Waals surface area contributed by atoms with Crippen molar-refractivity contribution in [1.82, 2.24) is 14.3 Å². The molecule has 0 radical (unpaired) electrons. The van der Waals surface area contributed by atoms with Crippen LogP contribution in [0.1, 0.15) is 33.2 Å². The molecule has 0 bridgehead atoms. The van der Waals surface area contributed by atoms with Crippen molar-refractivity contribution in [3.8, 4) is 11.4 Å². The molecule has 180 valence electrons. The highest BCUT2D eigenvalue weighted by molar-refractivity contribution is 5.69. The van der Waals surface area contributed by atoms with Gasteiger partial charge in [-0.2, -0.15) is 5.10 Å². The fourth-order valence-electron chi connectivity index (χ4n) is 4.07. The maximum atomic E-state index is 12.9. The van der Waals surface area contributed by atoms with Gasteiger partial charge in [0.1, 0.15) is 18.2 Å². The molecule has 34 heavy (non-hydrogen) atoms. The van der Waals surface area contributed by atoms with Gasteiger partial charge in [0.05, 0.1) is 11.7 Å². The monoisotopic (exact) mass is 465 g/mol. The van der Waals surface area contributed by atoms with E-state index in [1.165, 1.54) is 15.6 Å². The number of aromatic hydroxyl groups is 1. The summed E-state index contributed by atoms with van der Waals surface area (Å²) >= 11 is 0. The molecular formula is C25H31N5O4. The SMILES string of the molecule is CCC(=O)O[C@H](C)[C@@H](C)n1ncn(-c2ccc(N3CCN(c4ccc(O)cc4)CC3)cc2)c1=O. The summed E-state index contributed by atoms with van der Waals surface area (Å²) in [4.78, 5) is 29.1. The highest BCUT2D eigenvalue weighted by atomic mass is 16.5. The lowest BCUT2D eigenvalue weighted by Crippen LogP contribution is -2.46.